The molecule has 0 spiro atoms. The molecule has 0 aromatic rings. The van der Waals surface area contributed by atoms with E-state index in [0.29, 0.717) is 0 Å². The van der Waals surface area contributed by atoms with Crippen LogP contribution in [0.4, 0.5) is 0 Å². The first-order chi connectivity index (χ1) is 5.00. The van der Waals surface area contributed by atoms with Crippen molar-refractivity contribution in [3.8, 4) is 0 Å². The van der Waals surface area contributed by atoms with Crippen LogP contribution in [-0.2, 0) is 0 Å². The van der Waals surface area contributed by atoms with Crippen molar-refractivity contribution in [2.45, 2.75) is 25.4 Å². The van der Waals surface area contributed by atoms with Gasteiger partial charge >= 0.3 is 0 Å². The lowest BCUT2D eigenvalue weighted by atomic mass is 9.91. The number of hydrogen-bond acceptors (Lipinski definition) is 3. The van der Waals surface area contributed by atoms with Gasteiger partial charge in [-0.2, -0.15) is 0 Å². The van der Waals surface area contributed by atoms with Gasteiger partial charge in [-0.1, -0.05) is 0 Å². The van der Waals surface area contributed by atoms with Crippen LogP contribution < -0.4 is 5.73 Å². The van der Waals surface area contributed by atoms with Crippen LogP contribution in [0.25, 0.3) is 0 Å². The van der Waals surface area contributed by atoms with Crippen molar-refractivity contribution in [1.82, 2.24) is 4.90 Å². The summed E-state index contributed by atoms with van der Waals surface area (Å²) in [5.74, 6) is 0.245. The minimum Gasteiger partial charge on any atom is -0.396 e. The first-order valence-electron chi connectivity index (χ1n) is 4.08. The third-order valence-electron chi connectivity index (χ3n) is 3.05. The van der Waals surface area contributed by atoms with Gasteiger partial charge in [0.25, 0.3) is 0 Å². The van der Waals surface area contributed by atoms with Gasteiger partial charge in [-0.25, -0.2) is 0 Å². The first-order valence-corrected chi connectivity index (χ1v) is 4.08. The van der Waals surface area contributed by atoms with Crippen molar-refractivity contribution < 1.29 is 5.11 Å². The zero-order chi connectivity index (χ0) is 8.65. The molecule has 3 heteroatoms. The van der Waals surface area contributed by atoms with E-state index in [1.165, 1.54) is 0 Å². The Morgan fingerprint density at radius 2 is 2.18 bits per heavy atom. The Morgan fingerprint density at radius 3 is 2.36 bits per heavy atom. The highest BCUT2D eigenvalue weighted by Crippen LogP contribution is 2.29. The van der Waals surface area contributed by atoms with Crippen molar-refractivity contribution >= 4 is 0 Å². The van der Waals surface area contributed by atoms with E-state index >= 15 is 0 Å². The quantitative estimate of drug-likeness (QED) is 0.548. The van der Waals surface area contributed by atoms with Gasteiger partial charge in [-0.15, -0.1) is 0 Å². The lowest BCUT2D eigenvalue weighted by Gasteiger charge is -2.31. The molecule has 3 N–H and O–H groups in total. The second kappa shape index (κ2) is 2.73. The SMILES string of the molecule is CN1CC(CO)C(N)C1(C)C. The van der Waals surface area contributed by atoms with Gasteiger partial charge in [-0.05, 0) is 20.9 Å². The van der Waals surface area contributed by atoms with Crippen molar-refractivity contribution in [2.24, 2.45) is 11.7 Å². The summed E-state index contributed by atoms with van der Waals surface area (Å²) in [5, 5.41) is 8.98. The summed E-state index contributed by atoms with van der Waals surface area (Å²) < 4.78 is 0. The molecule has 1 aliphatic heterocycles. The highest BCUT2D eigenvalue weighted by atomic mass is 16.3. The fraction of sp³-hybridized carbons (Fsp3) is 1.00. The van der Waals surface area contributed by atoms with Gasteiger partial charge in [-0.3, -0.25) is 4.90 Å². The number of aliphatic hydroxyl groups is 1. The molecule has 1 saturated heterocycles. The van der Waals surface area contributed by atoms with Crippen molar-refractivity contribution in [3.63, 3.8) is 0 Å². The van der Waals surface area contributed by atoms with Crippen molar-refractivity contribution in [1.29, 1.82) is 0 Å². The molecule has 1 rings (SSSR count). The zero-order valence-corrected chi connectivity index (χ0v) is 7.54. The molecule has 1 fully saturated rings. The minimum atomic E-state index is 0.0351. The first kappa shape index (κ1) is 8.97. The fourth-order valence-corrected chi connectivity index (χ4v) is 1.70. The molecule has 2 atom stereocenters. The highest BCUT2D eigenvalue weighted by molar-refractivity contribution is 5.01. The largest absolute Gasteiger partial charge is 0.396 e. The fourth-order valence-electron chi connectivity index (χ4n) is 1.70. The maximum atomic E-state index is 8.98. The number of nitrogens with zero attached hydrogens (tertiary/aromatic N) is 1. The summed E-state index contributed by atoms with van der Waals surface area (Å²) in [4.78, 5) is 2.21. The van der Waals surface area contributed by atoms with Crippen molar-refractivity contribution in [2.75, 3.05) is 20.2 Å². The highest BCUT2D eigenvalue weighted by Gasteiger charge is 2.42. The number of likely N-dealkylation sites (N-methyl/N-ethyl adjacent to an activating group) is 1. The van der Waals surface area contributed by atoms with Gasteiger partial charge in [0.1, 0.15) is 0 Å². The van der Waals surface area contributed by atoms with Crippen LogP contribution in [0.15, 0.2) is 0 Å². The number of aliphatic hydroxyl groups excluding tert-OH is 1. The summed E-state index contributed by atoms with van der Waals surface area (Å²) in [7, 11) is 2.05. The second-order valence-electron chi connectivity index (χ2n) is 4.00. The number of likely N-dealkylation sites (tertiary alicyclic amines) is 1. The molecular formula is C8H18N2O. The van der Waals surface area contributed by atoms with Crippen LogP contribution in [0.1, 0.15) is 13.8 Å². The molecule has 0 aromatic heterocycles. The van der Waals surface area contributed by atoms with E-state index in [9.17, 15) is 0 Å². The van der Waals surface area contributed by atoms with Crippen LogP contribution in [-0.4, -0.2) is 41.8 Å². The smallest absolute Gasteiger partial charge is 0.0487 e. The van der Waals surface area contributed by atoms with E-state index in [1.807, 2.05) is 0 Å². The summed E-state index contributed by atoms with van der Waals surface area (Å²) in [6.45, 7) is 5.35. The molecule has 0 aliphatic carbocycles. The molecular weight excluding hydrogens is 140 g/mol. The number of nitrogens with two attached hydrogens (primary N) is 1. The maximum Gasteiger partial charge on any atom is 0.0487 e. The van der Waals surface area contributed by atoms with Gasteiger partial charge in [0.15, 0.2) is 0 Å². The van der Waals surface area contributed by atoms with Gasteiger partial charge < -0.3 is 10.8 Å². The lowest BCUT2D eigenvalue weighted by molar-refractivity contribution is 0.200. The Bertz CT molecular complexity index is 147. The Kier molecular flexibility index (Phi) is 2.23. The van der Waals surface area contributed by atoms with Gasteiger partial charge in [0, 0.05) is 30.7 Å². The van der Waals surface area contributed by atoms with E-state index in [4.69, 9.17) is 10.8 Å². The van der Waals surface area contributed by atoms with Crippen LogP contribution in [0, 0.1) is 5.92 Å². The molecule has 11 heavy (non-hydrogen) atoms. The van der Waals surface area contributed by atoms with E-state index < -0.39 is 0 Å². The Balaban J connectivity index is 2.71. The summed E-state index contributed by atoms with van der Waals surface area (Å²) >= 11 is 0. The monoisotopic (exact) mass is 158 g/mol. The lowest BCUT2D eigenvalue weighted by Crippen LogP contribution is -2.48. The summed E-state index contributed by atoms with van der Waals surface area (Å²) in [6.07, 6.45) is 0. The Morgan fingerprint density at radius 1 is 1.64 bits per heavy atom. The number of hydrogen-bond donors (Lipinski definition) is 2. The van der Waals surface area contributed by atoms with E-state index in [-0.39, 0.29) is 24.1 Å². The topological polar surface area (TPSA) is 49.5 Å². The molecule has 0 saturated carbocycles. The Hall–Kier alpha value is -0.120. The van der Waals surface area contributed by atoms with Crippen LogP contribution in [0.3, 0.4) is 0 Å². The molecule has 0 radical (unpaired) electrons. The maximum absolute atomic E-state index is 8.98. The average Bonchev–Trinajstić information content (AvgIpc) is 2.14. The standard InChI is InChI=1S/C8H18N2O/c1-8(2)7(9)6(5-11)4-10(8)3/h6-7,11H,4-5,9H2,1-3H3. The summed E-state index contributed by atoms with van der Waals surface area (Å²) in [5.41, 5.74) is 5.99. The van der Waals surface area contributed by atoms with E-state index in [1.54, 1.807) is 0 Å². The van der Waals surface area contributed by atoms with E-state index in [0.717, 1.165) is 6.54 Å². The van der Waals surface area contributed by atoms with Gasteiger partial charge in [0.05, 0.1) is 0 Å². The summed E-state index contributed by atoms with van der Waals surface area (Å²) in [6, 6.07) is 0.0949. The normalized spacial score (nSPS) is 37.9. The second-order valence-corrected chi connectivity index (χ2v) is 4.00. The predicted octanol–water partition coefficient (Wildman–Crippen LogP) is -0.354. The molecule has 0 bridgehead atoms. The third kappa shape index (κ3) is 1.28. The molecule has 2 unspecified atom stereocenters. The van der Waals surface area contributed by atoms with Crippen LogP contribution in [0.2, 0.25) is 0 Å². The van der Waals surface area contributed by atoms with Crippen molar-refractivity contribution in [3.05, 3.63) is 0 Å². The molecule has 0 aromatic carbocycles. The molecule has 1 heterocycles. The zero-order valence-electron chi connectivity index (χ0n) is 7.54. The molecule has 1 aliphatic rings. The molecule has 3 nitrogen and oxygen atoms in total. The average molecular weight is 158 g/mol. The Labute approximate surface area is 68.2 Å². The predicted molar refractivity (Wildman–Crippen MR) is 45.3 cm³/mol. The third-order valence-corrected chi connectivity index (χ3v) is 3.05. The number of rotatable bonds is 1. The van der Waals surface area contributed by atoms with E-state index in [2.05, 4.69) is 25.8 Å². The van der Waals surface area contributed by atoms with Crippen LogP contribution in [0.5, 0.6) is 0 Å². The molecule has 0 amide bonds. The van der Waals surface area contributed by atoms with Crippen LogP contribution >= 0.6 is 0 Å². The van der Waals surface area contributed by atoms with Gasteiger partial charge in [0.2, 0.25) is 0 Å². The minimum absolute atomic E-state index is 0.0351. The molecule has 66 valence electrons.